The molecule has 0 aliphatic heterocycles. The van der Waals surface area contributed by atoms with Crippen molar-refractivity contribution in [3.8, 4) is 0 Å². The molecule has 0 aromatic heterocycles. The van der Waals surface area contributed by atoms with Gasteiger partial charge >= 0.3 is 0 Å². The first-order chi connectivity index (χ1) is 8.58. The molecule has 0 heterocycles. The van der Waals surface area contributed by atoms with Crippen LogP contribution in [0.5, 0.6) is 0 Å². The molecule has 0 aliphatic rings. The van der Waals surface area contributed by atoms with Crippen LogP contribution in [0.25, 0.3) is 0 Å². The molecule has 0 aliphatic carbocycles. The number of anilines is 1. The van der Waals surface area contributed by atoms with Crippen molar-refractivity contribution in [3.63, 3.8) is 0 Å². The molecule has 2 aromatic carbocycles. The first-order valence-corrected chi connectivity index (χ1v) is 6.67. The van der Waals surface area contributed by atoms with Crippen molar-refractivity contribution in [2.45, 2.75) is 11.8 Å². The number of carbonyl (C=O) groups is 1. The fourth-order valence-electron chi connectivity index (χ4n) is 1.55. The highest BCUT2D eigenvalue weighted by molar-refractivity contribution is 9.10. The van der Waals surface area contributed by atoms with Gasteiger partial charge in [0.2, 0.25) is 0 Å². The largest absolute Gasteiger partial charge is 0.321 e. The van der Waals surface area contributed by atoms with Gasteiger partial charge in [-0.3, -0.25) is 4.79 Å². The van der Waals surface area contributed by atoms with Crippen molar-refractivity contribution < 1.29 is 4.79 Å². The van der Waals surface area contributed by atoms with Crippen molar-refractivity contribution in [2.75, 3.05) is 5.32 Å². The zero-order valence-electron chi connectivity index (χ0n) is 9.77. The van der Waals surface area contributed by atoms with Crippen LogP contribution in [0.2, 0.25) is 0 Å². The molecule has 0 atom stereocenters. The molecule has 2 aromatic rings. The van der Waals surface area contributed by atoms with Crippen molar-refractivity contribution in [1.82, 2.24) is 0 Å². The SMILES string of the molecule is Cc1cccc(NC(=O)c2ccc(S)cc2)c1Br. The molecule has 0 saturated heterocycles. The van der Waals surface area contributed by atoms with Gasteiger partial charge in [0.05, 0.1) is 5.69 Å². The van der Waals surface area contributed by atoms with Crippen LogP contribution in [0.15, 0.2) is 51.8 Å². The third-order valence-electron chi connectivity index (χ3n) is 2.57. The maximum Gasteiger partial charge on any atom is 0.255 e. The fourth-order valence-corrected chi connectivity index (χ4v) is 2.06. The number of nitrogens with one attached hydrogen (secondary N) is 1. The second-order valence-corrected chi connectivity index (χ2v) is 5.25. The average Bonchev–Trinajstić information content (AvgIpc) is 2.36. The summed E-state index contributed by atoms with van der Waals surface area (Å²) in [5, 5.41) is 2.88. The third kappa shape index (κ3) is 2.94. The summed E-state index contributed by atoms with van der Waals surface area (Å²) < 4.78 is 0.907. The molecule has 0 radical (unpaired) electrons. The Kier molecular flexibility index (Phi) is 4.09. The van der Waals surface area contributed by atoms with E-state index in [0.29, 0.717) is 5.56 Å². The Bertz CT molecular complexity index is 581. The minimum absolute atomic E-state index is 0.130. The van der Waals surface area contributed by atoms with E-state index in [-0.39, 0.29) is 5.91 Å². The van der Waals surface area contributed by atoms with E-state index in [1.54, 1.807) is 24.3 Å². The molecule has 1 amide bonds. The average molecular weight is 322 g/mol. The fraction of sp³-hybridized carbons (Fsp3) is 0.0714. The minimum Gasteiger partial charge on any atom is -0.321 e. The number of aryl methyl sites for hydroxylation is 1. The van der Waals surface area contributed by atoms with Crippen LogP contribution in [0.1, 0.15) is 15.9 Å². The predicted molar refractivity (Wildman–Crippen MR) is 80.5 cm³/mol. The van der Waals surface area contributed by atoms with Gasteiger partial charge in [0.15, 0.2) is 0 Å². The van der Waals surface area contributed by atoms with Crippen molar-refractivity contribution in [3.05, 3.63) is 58.1 Å². The molecule has 0 saturated carbocycles. The Balaban J connectivity index is 2.21. The molecular formula is C14H12BrNOS. The number of benzene rings is 2. The number of carbonyl (C=O) groups excluding carboxylic acids is 1. The number of amides is 1. The third-order valence-corrected chi connectivity index (χ3v) is 3.92. The molecule has 18 heavy (non-hydrogen) atoms. The monoisotopic (exact) mass is 321 g/mol. The predicted octanol–water partition coefficient (Wildman–Crippen LogP) is 4.30. The Hall–Kier alpha value is -1.26. The summed E-state index contributed by atoms with van der Waals surface area (Å²) in [5.41, 5.74) is 2.47. The minimum atomic E-state index is -0.130. The van der Waals surface area contributed by atoms with Gasteiger partial charge in [0, 0.05) is 14.9 Å². The molecular weight excluding hydrogens is 310 g/mol. The maximum atomic E-state index is 12.0. The van der Waals surface area contributed by atoms with Crippen molar-refractivity contribution in [2.24, 2.45) is 0 Å². The van der Waals surface area contributed by atoms with Crippen molar-refractivity contribution >= 4 is 40.2 Å². The summed E-state index contributed by atoms with van der Waals surface area (Å²) in [6.45, 7) is 1.98. The van der Waals surface area contributed by atoms with Gasteiger partial charge in [-0.05, 0) is 58.7 Å². The van der Waals surface area contributed by atoms with Gasteiger partial charge in [-0.1, -0.05) is 12.1 Å². The number of thiol groups is 1. The Morgan fingerprint density at radius 2 is 1.83 bits per heavy atom. The van der Waals surface area contributed by atoms with E-state index in [4.69, 9.17) is 0 Å². The zero-order chi connectivity index (χ0) is 13.1. The van der Waals surface area contributed by atoms with E-state index >= 15 is 0 Å². The van der Waals surface area contributed by atoms with Crippen LogP contribution in [-0.2, 0) is 0 Å². The molecule has 1 N–H and O–H groups in total. The first-order valence-electron chi connectivity index (χ1n) is 5.43. The standard InChI is InChI=1S/C14H12BrNOS/c1-9-3-2-4-12(13(9)15)16-14(17)10-5-7-11(18)8-6-10/h2-8,18H,1H3,(H,16,17). The van der Waals surface area contributed by atoms with Gasteiger partial charge in [0.25, 0.3) is 5.91 Å². The maximum absolute atomic E-state index is 12.0. The molecule has 4 heteroatoms. The second kappa shape index (κ2) is 5.59. The van der Waals surface area contributed by atoms with Gasteiger partial charge in [-0.25, -0.2) is 0 Å². The molecule has 2 nitrogen and oxygen atoms in total. The molecule has 0 spiro atoms. The molecule has 2 rings (SSSR count). The van der Waals surface area contributed by atoms with E-state index in [0.717, 1.165) is 20.6 Å². The van der Waals surface area contributed by atoms with Crippen LogP contribution in [0.4, 0.5) is 5.69 Å². The summed E-state index contributed by atoms with van der Waals surface area (Å²) in [7, 11) is 0. The Morgan fingerprint density at radius 1 is 1.17 bits per heavy atom. The second-order valence-electron chi connectivity index (χ2n) is 3.94. The van der Waals surface area contributed by atoms with Gasteiger partial charge in [0.1, 0.15) is 0 Å². The topological polar surface area (TPSA) is 29.1 Å². The number of hydrogen-bond acceptors (Lipinski definition) is 2. The lowest BCUT2D eigenvalue weighted by atomic mass is 10.2. The highest BCUT2D eigenvalue weighted by Crippen LogP contribution is 2.26. The lowest BCUT2D eigenvalue weighted by molar-refractivity contribution is 0.102. The molecule has 0 bridgehead atoms. The summed E-state index contributed by atoms with van der Waals surface area (Å²) in [6.07, 6.45) is 0. The Labute approximate surface area is 120 Å². The summed E-state index contributed by atoms with van der Waals surface area (Å²) >= 11 is 7.66. The number of halogens is 1. The highest BCUT2D eigenvalue weighted by Gasteiger charge is 2.08. The Morgan fingerprint density at radius 3 is 2.50 bits per heavy atom. The lowest BCUT2D eigenvalue weighted by Gasteiger charge is -2.09. The van der Waals surface area contributed by atoms with E-state index in [1.807, 2.05) is 25.1 Å². The van der Waals surface area contributed by atoms with E-state index in [2.05, 4.69) is 33.9 Å². The zero-order valence-corrected chi connectivity index (χ0v) is 12.3. The van der Waals surface area contributed by atoms with Crippen LogP contribution >= 0.6 is 28.6 Å². The van der Waals surface area contributed by atoms with E-state index in [1.165, 1.54) is 0 Å². The van der Waals surface area contributed by atoms with Crippen LogP contribution in [0, 0.1) is 6.92 Å². The first kappa shape index (κ1) is 13.2. The molecule has 0 unspecified atom stereocenters. The van der Waals surface area contributed by atoms with Gasteiger partial charge in [-0.2, -0.15) is 0 Å². The lowest BCUT2D eigenvalue weighted by Crippen LogP contribution is -2.12. The van der Waals surface area contributed by atoms with Crippen LogP contribution in [-0.4, -0.2) is 5.91 Å². The van der Waals surface area contributed by atoms with E-state index in [9.17, 15) is 4.79 Å². The summed E-state index contributed by atoms with van der Waals surface area (Å²) in [5.74, 6) is -0.130. The quantitative estimate of drug-likeness (QED) is 0.793. The summed E-state index contributed by atoms with van der Waals surface area (Å²) in [4.78, 5) is 12.9. The van der Waals surface area contributed by atoms with Crippen LogP contribution < -0.4 is 5.32 Å². The summed E-state index contributed by atoms with van der Waals surface area (Å²) in [6, 6.07) is 12.8. The van der Waals surface area contributed by atoms with E-state index < -0.39 is 0 Å². The number of hydrogen-bond donors (Lipinski definition) is 2. The van der Waals surface area contributed by atoms with Crippen molar-refractivity contribution in [1.29, 1.82) is 0 Å². The normalized spacial score (nSPS) is 10.2. The molecule has 92 valence electrons. The molecule has 0 fully saturated rings. The van der Waals surface area contributed by atoms with Gasteiger partial charge in [-0.15, -0.1) is 12.6 Å². The van der Waals surface area contributed by atoms with Gasteiger partial charge < -0.3 is 5.32 Å². The van der Waals surface area contributed by atoms with Crippen LogP contribution in [0.3, 0.4) is 0 Å². The number of rotatable bonds is 2. The highest BCUT2D eigenvalue weighted by atomic mass is 79.9. The smallest absolute Gasteiger partial charge is 0.255 e.